The summed E-state index contributed by atoms with van der Waals surface area (Å²) in [6.07, 6.45) is 1.70. The highest BCUT2D eigenvalue weighted by Crippen LogP contribution is 2.22. The van der Waals surface area contributed by atoms with Crippen molar-refractivity contribution in [3.8, 4) is 6.07 Å². The molecular weight excluding hydrogens is 206 g/mol. The van der Waals surface area contributed by atoms with Gasteiger partial charge in [-0.3, -0.25) is 10.1 Å². The first-order valence-electron chi connectivity index (χ1n) is 4.66. The average Bonchev–Trinajstić information content (AvgIpc) is 2.28. The number of benzene rings is 1. The number of hydrogen-bond acceptors (Lipinski definition) is 4. The van der Waals surface area contributed by atoms with Gasteiger partial charge >= 0.3 is 0 Å². The molecule has 0 aromatic heterocycles. The average molecular weight is 217 g/mol. The minimum Gasteiger partial charge on any atom is -0.379 e. The number of hydrogen-bond donors (Lipinski definition) is 1. The SMILES string of the molecule is C=C[C@H](C)Nc1ccc([N+](=O)[O-])c(C#N)c1. The molecule has 1 aromatic carbocycles. The van der Waals surface area contributed by atoms with E-state index in [1.165, 1.54) is 12.1 Å². The maximum absolute atomic E-state index is 10.6. The van der Waals surface area contributed by atoms with E-state index in [1.54, 1.807) is 18.2 Å². The zero-order chi connectivity index (χ0) is 12.1. The van der Waals surface area contributed by atoms with E-state index >= 15 is 0 Å². The van der Waals surface area contributed by atoms with Crippen molar-refractivity contribution in [2.45, 2.75) is 13.0 Å². The van der Waals surface area contributed by atoms with Crippen molar-refractivity contribution >= 4 is 11.4 Å². The summed E-state index contributed by atoms with van der Waals surface area (Å²) >= 11 is 0. The van der Waals surface area contributed by atoms with Gasteiger partial charge in [0.05, 0.1) is 4.92 Å². The van der Waals surface area contributed by atoms with Gasteiger partial charge in [-0.1, -0.05) is 6.08 Å². The lowest BCUT2D eigenvalue weighted by molar-refractivity contribution is -0.385. The highest BCUT2D eigenvalue weighted by molar-refractivity contribution is 5.59. The van der Waals surface area contributed by atoms with E-state index < -0.39 is 4.92 Å². The van der Waals surface area contributed by atoms with Gasteiger partial charge in [0.2, 0.25) is 0 Å². The fraction of sp³-hybridized carbons (Fsp3) is 0.182. The summed E-state index contributed by atoms with van der Waals surface area (Å²) in [6.45, 7) is 5.50. The van der Waals surface area contributed by atoms with Crippen molar-refractivity contribution in [3.05, 3.63) is 46.5 Å². The molecule has 5 heteroatoms. The summed E-state index contributed by atoms with van der Waals surface area (Å²) in [7, 11) is 0. The summed E-state index contributed by atoms with van der Waals surface area (Å²) in [5.41, 5.74) is 0.528. The first kappa shape index (κ1) is 11.7. The Morgan fingerprint density at radius 3 is 2.88 bits per heavy atom. The Labute approximate surface area is 93.2 Å². The van der Waals surface area contributed by atoms with Gasteiger partial charge in [0.25, 0.3) is 5.69 Å². The summed E-state index contributed by atoms with van der Waals surface area (Å²) < 4.78 is 0. The summed E-state index contributed by atoms with van der Waals surface area (Å²) in [5, 5.41) is 22.4. The zero-order valence-corrected chi connectivity index (χ0v) is 8.80. The minimum absolute atomic E-state index is 0.0352. The summed E-state index contributed by atoms with van der Waals surface area (Å²) in [6, 6.07) is 6.18. The van der Waals surface area contributed by atoms with Crippen molar-refractivity contribution in [2.75, 3.05) is 5.32 Å². The van der Waals surface area contributed by atoms with Gasteiger partial charge in [-0.15, -0.1) is 6.58 Å². The molecule has 0 radical (unpaired) electrons. The Morgan fingerprint density at radius 1 is 1.69 bits per heavy atom. The van der Waals surface area contributed by atoms with E-state index in [0.29, 0.717) is 5.69 Å². The van der Waals surface area contributed by atoms with E-state index in [2.05, 4.69) is 11.9 Å². The van der Waals surface area contributed by atoms with Gasteiger partial charge < -0.3 is 5.32 Å². The molecule has 0 bridgehead atoms. The molecule has 0 aliphatic carbocycles. The van der Waals surface area contributed by atoms with Crippen LogP contribution in [0.1, 0.15) is 12.5 Å². The number of rotatable bonds is 4. The van der Waals surface area contributed by atoms with Gasteiger partial charge in [-0.2, -0.15) is 5.26 Å². The van der Waals surface area contributed by atoms with Crippen molar-refractivity contribution in [2.24, 2.45) is 0 Å². The van der Waals surface area contributed by atoms with E-state index in [9.17, 15) is 10.1 Å². The van der Waals surface area contributed by atoms with Crippen LogP contribution in [0.25, 0.3) is 0 Å². The Hall–Kier alpha value is -2.35. The van der Waals surface area contributed by atoms with Crippen molar-refractivity contribution in [3.63, 3.8) is 0 Å². The van der Waals surface area contributed by atoms with Gasteiger partial charge in [0.1, 0.15) is 11.6 Å². The maximum atomic E-state index is 10.6. The number of nitriles is 1. The lowest BCUT2D eigenvalue weighted by Gasteiger charge is -2.10. The van der Waals surface area contributed by atoms with E-state index in [0.717, 1.165) is 0 Å². The maximum Gasteiger partial charge on any atom is 0.287 e. The largest absolute Gasteiger partial charge is 0.379 e. The number of anilines is 1. The molecular formula is C11H11N3O2. The van der Waals surface area contributed by atoms with Crippen molar-refractivity contribution < 1.29 is 4.92 Å². The third-order valence-electron chi connectivity index (χ3n) is 2.06. The Morgan fingerprint density at radius 2 is 2.38 bits per heavy atom. The molecule has 82 valence electrons. The highest BCUT2D eigenvalue weighted by Gasteiger charge is 2.13. The van der Waals surface area contributed by atoms with Crippen LogP contribution >= 0.6 is 0 Å². The molecule has 0 aliphatic heterocycles. The highest BCUT2D eigenvalue weighted by atomic mass is 16.6. The second-order valence-corrected chi connectivity index (χ2v) is 3.27. The van der Waals surface area contributed by atoms with Crippen LogP contribution in [0.2, 0.25) is 0 Å². The molecule has 1 rings (SSSR count). The summed E-state index contributed by atoms with van der Waals surface area (Å²) in [5.74, 6) is 0. The van der Waals surface area contributed by atoms with E-state index in [1.807, 2.05) is 6.92 Å². The molecule has 1 atom stereocenters. The number of nitrogens with one attached hydrogen (secondary N) is 1. The molecule has 0 heterocycles. The fourth-order valence-electron chi connectivity index (χ4n) is 1.20. The monoisotopic (exact) mass is 217 g/mol. The first-order valence-corrected chi connectivity index (χ1v) is 4.66. The van der Waals surface area contributed by atoms with Crippen LogP contribution in [0.4, 0.5) is 11.4 Å². The second-order valence-electron chi connectivity index (χ2n) is 3.27. The van der Waals surface area contributed by atoms with Crippen molar-refractivity contribution in [1.29, 1.82) is 5.26 Å². The normalized spacial score (nSPS) is 11.2. The molecule has 16 heavy (non-hydrogen) atoms. The zero-order valence-electron chi connectivity index (χ0n) is 8.80. The predicted molar refractivity (Wildman–Crippen MR) is 61.1 cm³/mol. The van der Waals surface area contributed by atoms with Crippen LogP contribution in [0.15, 0.2) is 30.9 Å². The van der Waals surface area contributed by atoms with Gasteiger partial charge in [0, 0.05) is 17.8 Å². The topological polar surface area (TPSA) is 79.0 Å². The number of nitrogens with zero attached hydrogens (tertiary/aromatic N) is 2. The van der Waals surface area contributed by atoms with E-state index in [4.69, 9.17) is 5.26 Å². The molecule has 0 unspecified atom stereocenters. The molecule has 5 nitrogen and oxygen atoms in total. The first-order chi connectivity index (χ1) is 7.58. The van der Waals surface area contributed by atoms with E-state index in [-0.39, 0.29) is 17.3 Å². The molecule has 0 amide bonds. The smallest absolute Gasteiger partial charge is 0.287 e. The van der Waals surface area contributed by atoms with Crippen LogP contribution < -0.4 is 5.32 Å². The lowest BCUT2D eigenvalue weighted by atomic mass is 10.1. The van der Waals surface area contributed by atoms with Crippen LogP contribution in [-0.4, -0.2) is 11.0 Å². The predicted octanol–water partition coefficient (Wildman–Crippen LogP) is 2.45. The molecule has 0 fully saturated rings. The van der Waals surface area contributed by atoms with Gasteiger partial charge in [-0.05, 0) is 19.1 Å². The van der Waals surface area contributed by atoms with Crippen LogP contribution in [0, 0.1) is 21.4 Å². The molecule has 0 saturated carbocycles. The van der Waals surface area contributed by atoms with Crippen LogP contribution in [0.3, 0.4) is 0 Å². The quantitative estimate of drug-likeness (QED) is 0.477. The molecule has 1 aromatic rings. The molecule has 0 saturated heterocycles. The Bertz CT molecular complexity index is 463. The number of nitro benzene ring substituents is 1. The van der Waals surface area contributed by atoms with Gasteiger partial charge in [0.15, 0.2) is 0 Å². The fourth-order valence-corrected chi connectivity index (χ4v) is 1.20. The Balaban J connectivity index is 3.05. The standard InChI is InChI=1S/C11H11N3O2/c1-3-8(2)13-10-4-5-11(14(15)16)9(6-10)7-12/h3-6,8,13H,1H2,2H3/t8-/m0/s1. The Kier molecular flexibility index (Phi) is 3.62. The van der Waals surface area contributed by atoms with Gasteiger partial charge in [-0.25, -0.2) is 0 Å². The molecule has 1 N–H and O–H groups in total. The third-order valence-corrected chi connectivity index (χ3v) is 2.06. The minimum atomic E-state index is -0.570. The molecule has 0 spiro atoms. The summed E-state index contributed by atoms with van der Waals surface area (Å²) in [4.78, 5) is 10.0. The lowest BCUT2D eigenvalue weighted by Crippen LogP contribution is -2.11. The van der Waals surface area contributed by atoms with Crippen LogP contribution in [-0.2, 0) is 0 Å². The van der Waals surface area contributed by atoms with Crippen molar-refractivity contribution in [1.82, 2.24) is 0 Å². The van der Waals surface area contributed by atoms with Crippen LogP contribution in [0.5, 0.6) is 0 Å². The molecule has 0 aliphatic rings. The third kappa shape index (κ3) is 2.58. The second kappa shape index (κ2) is 4.94. The number of nitro groups is 1.